The van der Waals surface area contributed by atoms with Gasteiger partial charge in [-0.25, -0.2) is 0 Å². The molecule has 102 valence electrons. The van der Waals surface area contributed by atoms with Gasteiger partial charge in [0.25, 0.3) is 0 Å². The maximum Gasteiger partial charge on any atom is 0.122 e. The van der Waals surface area contributed by atoms with E-state index < -0.39 is 6.10 Å². The Kier molecular flexibility index (Phi) is 5.44. The highest BCUT2D eigenvalue weighted by Gasteiger charge is 2.11. The topological polar surface area (TPSA) is 67.5 Å². The zero-order valence-electron chi connectivity index (χ0n) is 11.7. The lowest BCUT2D eigenvalue weighted by atomic mass is 9.99. The molecule has 1 aromatic rings. The number of rotatable bonds is 6. The molecule has 0 radical (unpaired) electrons. The average Bonchev–Trinajstić information content (AvgIpc) is 2.35. The van der Waals surface area contributed by atoms with Crippen LogP contribution >= 0.6 is 0 Å². The first-order valence-electron chi connectivity index (χ1n) is 6.30. The number of aliphatic hydroxyl groups is 1. The number of hydrogen-bond acceptors (Lipinski definition) is 4. The molecule has 0 aliphatic carbocycles. The van der Waals surface area contributed by atoms with E-state index in [0.29, 0.717) is 12.5 Å². The molecule has 4 heteroatoms. The Morgan fingerprint density at radius 2 is 2.06 bits per heavy atom. The maximum absolute atomic E-state index is 9.48. The van der Waals surface area contributed by atoms with Crippen molar-refractivity contribution < 1.29 is 9.84 Å². The van der Waals surface area contributed by atoms with Gasteiger partial charge in [-0.2, -0.15) is 0 Å². The van der Waals surface area contributed by atoms with E-state index in [2.05, 4.69) is 25.2 Å². The Bertz CT molecular complexity index is 392. The smallest absolute Gasteiger partial charge is 0.122 e. The summed E-state index contributed by atoms with van der Waals surface area (Å²) in [5, 5.41) is 12.7. The van der Waals surface area contributed by atoms with E-state index in [1.54, 1.807) is 7.11 Å². The van der Waals surface area contributed by atoms with Crippen molar-refractivity contribution >= 4 is 5.69 Å². The maximum atomic E-state index is 9.48. The summed E-state index contributed by atoms with van der Waals surface area (Å²) in [5.74, 6) is 1.30. The molecule has 1 unspecified atom stereocenters. The fourth-order valence-corrected chi connectivity index (χ4v) is 1.83. The normalized spacial score (nSPS) is 12.6. The molecule has 4 N–H and O–H groups in total. The van der Waals surface area contributed by atoms with Gasteiger partial charge in [-0.15, -0.1) is 0 Å². The SMILES string of the molecule is COc1cc(C)c(NCC(O)CN)cc1C(C)C. The molecule has 4 nitrogen and oxygen atoms in total. The molecular formula is C14H24N2O2. The second kappa shape index (κ2) is 6.61. The first-order chi connectivity index (χ1) is 8.49. The number of nitrogens with one attached hydrogen (secondary N) is 1. The number of benzene rings is 1. The summed E-state index contributed by atoms with van der Waals surface area (Å²) >= 11 is 0. The predicted molar refractivity (Wildman–Crippen MR) is 75.4 cm³/mol. The van der Waals surface area contributed by atoms with Gasteiger partial charge in [0.15, 0.2) is 0 Å². The van der Waals surface area contributed by atoms with Gasteiger partial charge in [-0.05, 0) is 36.1 Å². The summed E-state index contributed by atoms with van der Waals surface area (Å²) in [6.45, 7) is 7.00. The van der Waals surface area contributed by atoms with Crippen molar-refractivity contribution in [3.63, 3.8) is 0 Å². The first-order valence-corrected chi connectivity index (χ1v) is 6.30. The van der Waals surface area contributed by atoms with E-state index >= 15 is 0 Å². The van der Waals surface area contributed by atoms with E-state index in [1.165, 1.54) is 0 Å². The number of aryl methyl sites for hydroxylation is 1. The van der Waals surface area contributed by atoms with Crippen LogP contribution in [0.2, 0.25) is 0 Å². The van der Waals surface area contributed by atoms with Crippen LogP contribution < -0.4 is 15.8 Å². The molecule has 1 atom stereocenters. The van der Waals surface area contributed by atoms with Gasteiger partial charge < -0.3 is 20.9 Å². The van der Waals surface area contributed by atoms with Crippen molar-refractivity contribution in [2.75, 3.05) is 25.5 Å². The molecule has 0 heterocycles. The van der Waals surface area contributed by atoms with Gasteiger partial charge in [0.2, 0.25) is 0 Å². The van der Waals surface area contributed by atoms with Gasteiger partial charge in [0.05, 0.1) is 13.2 Å². The highest BCUT2D eigenvalue weighted by atomic mass is 16.5. The number of hydrogen-bond donors (Lipinski definition) is 3. The molecule has 1 rings (SSSR count). The van der Waals surface area contributed by atoms with E-state index in [4.69, 9.17) is 10.5 Å². The molecule has 0 bridgehead atoms. The molecule has 1 aromatic carbocycles. The molecule has 0 saturated heterocycles. The van der Waals surface area contributed by atoms with Crippen LogP contribution in [0.4, 0.5) is 5.69 Å². The molecule has 0 aromatic heterocycles. The van der Waals surface area contributed by atoms with Gasteiger partial charge in [-0.3, -0.25) is 0 Å². The quantitative estimate of drug-likeness (QED) is 0.723. The van der Waals surface area contributed by atoms with Crippen LogP contribution in [-0.2, 0) is 0 Å². The third-order valence-electron chi connectivity index (χ3n) is 3.00. The fraction of sp³-hybridized carbons (Fsp3) is 0.571. The zero-order chi connectivity index (χ0) is 13.7. The predicted octanol–water partition coefficient (Wildman–Crippen LogP) is 1.86. The highest BCUT2D eigenvalue weighted by Crippen LogP contribution is 2.31. The molecule has 0 saturated carbocycles. The van der Waals surface area contributed by atoms with Crippen molar-refractivity contribution in [1.29, 1.82) is 0 Å². The van der Waals surface area contributed by atoms with Gasteiger partial charge in [0.1, 0.15) is 5.75 Å². The molecule has 0 aliphatic heterocycles. The monoisotopic (exact) mass is 252 g/mol. The lowest BCUT2D eigenvalue weighted by Gasteiger charge is -2.18. The van der Waals surface area contributed by atoms with E-state index in [0.717, 1.165) is 22.6 Å². The minimum atomic E-state index is -0.519. The lowest BCUT2D eigenvalue weighted by molar-refractivity contribution is 0.196. The second-order valence-electron chi connectivity index (χ2n) is 4.83. The summed E-state index contributed by atoms with van der Waals surface area (Å²) in [7, 11) is 1.69. The van der Waals surface area contributed by atoms with Crippen LogP contribution in [0, 0.1) is 6.92 Å². The molecule has 18 heavy (non-hydrogen) atoms. The van der Waals surface area contributed by atoms with Crippen LogP contribution in [0.1, 0.15) is 30.9 Å². The van der Waals surface area contributed by atoms with Crippen molar-refractivity contribution in [3.05, 3.63) is 23.3 Å². The minimum Gasteiger partial charge on any atom is -0.496 e. The van der Waals surface area contributed by atoms with Gasteiger partial charge in [0, 0.05) is 18.8 Å². The number of aliphatic hydroxyl groups excluding tert-OH is 1. The molecule has 0 spiro atoms. The summed E-state index contributed by atoms with van der Waals surface area (Å²) in [5.41, 5.74) is 8.67. The van der Waals surface area contributed by atoms with Crippen LogP contribution in [0.3, 0.4) is 0 Å². The number of nitrogens with two attached hydrogens (primary N) is 1. The van der Waals surface area contributed by atoms with E-state index in [1.807, 2.05) is 13.0 Å². The molecule has 0 aliphatic rings. The number of methoxy groups -OCH3 is 1. The van der Waals surface area contributed by atoms with Crippen molar-refractivity contribution in [3.8, 4) is 5.75 Å². The van der Waals surface area contributed by atoms with Gasteiger partial charge >= 0.3 is 0 Å². The Hall–Kier alpha value is -1.26. The Morgan fingerprint density at radius 1 is 1.39 bits per heavy atom. The summed E-state index contributed by atoms with van der Waals surface area (Å²) in [4.78, 5) is 0. The van der Waals surface area contributed by atoms with Crippen molar-refractivity contribution in [2.45, 2.75) is 32.8 Å². The van der Waals surface area contributed by atoms with Crippen LogP contribution in [0.15, 0.2) is 12.1 Å². The molecular weight excluding hydrogens is 228 g/mol. The third-order valence-corrected chi connectivity index (χ3v) is 3.00. The lowest BCUT2D eigenvalue weighted by Crippen LogP contribution is -2.28. The first kappa shape index (κ1) is 14.8. The van der Waals surface area contributed by atoms with Crippen LogP contribution in [-0.4, -0.2) is 31.4 Å². The largest absolute Gasteiger partial charge is 0.496 e. The Morgan fingerprint density at radius 3 is 2.56 bits per heavy atom. The van der Waals surface area contributed by atoms with Crippen LogP contribution in [0.5, 0.6) is 5.75 Å². The Balaban J connectivity index is 2.95. The summed E-state index contributed by atoms with van der Waals surface area (Å²) < 4.78 is 5.39. The second-order valence-corrected chi connectivity index (χ2v) is 4.83. The summed E-state index contributed by atoms with van der Waals surface area (Å²) in [6.07, 6.45) is -0.519. The highest BCUT2D eigenvalue weighted by molar-refractivity contribution is 5.58. The van der Waals surface area contributed by atoms with Crippen molar-refractivity contribution in [2.24, 2.45) is 5.73 Å². The Labute approximate surface area is 109 Å². The molecule has 0 amide bonds. The zero-order valence-corrected chi connectivity index (χ0v) is 11.7. The van der Waals surface area contributed by atoms with E-state index in [9.17, 15) is 5.11 Å². The standard InChI is InChI=1S/C14H24N2O2/c1-9(2)12-6-13(16-8-11(17)7-15)10(3)5-14(12)18-4/h5-6,9,11,16-17H,7-8,15H2,1-4H3. The molecule has 0 fully saturated rings. The third kappa shape index (κ3) is 3.62. The average molecular weight is 252 g/mol. The van der Waals surface area contributed by atoms with Crippen molar-refractivity contribution in [1.82, 2.24) is 0 Å². The van der Waals surface area contributed by atoms with Gasteiger partial charge in [-0.1, -0.05) is 13.8 Å². The van der Waals surface area contributed by atoms with E-state index in [-0.39, 0.29) is 6.54 Å². The minimum absolute atomic E-state index is 0.263. The summed E-state index contributed by atoms with van der Waals surface area (Å²) in [6, 6.07) is 4.11. The number of ether oxygens (including phenoxy) is 1. The fourth-order valence-electron chi connectivity index (χ4n) is 1.83. The van der Waals surface area contributed by atoms with Crippen LogP contribution in [0.25, 0.3) is 0 Å². The number of anilines is 1.